The van der Waals surface area contributed by atoms with Crippen molar-refractivity contribution in [3.63, 3.8) is 0 Å². The second-order valence-corrected chi connectivity index (χ2v) is 5.53. The first-order chi connectivity index (χ1) is 9.08. The zero-order chi connectivity index (χ0) is 14.3. The maximum Gasteiger partial charge on any atom is 0.0443 e. The van der Waals surface area contributed by atoms with Gasteiger partial charge in [0.15, 0.2) is 0 Å². The normalized spacial score (nSPS) is 12.5. The highest BCUT2D eigenvalue weighted by Crippen LogP contribution is 2.21. The molecule has 0 radical (unpaired) electrons. The number of hydrogen-bond acceptors (Lipinski definition) is 3. The minimum atomic E-state index is 0.718. The van der Waals surface area contributed by atoms with Gasteiger partial charge in [-0.3, -0.25) is 4.98 Å². The first kappa shape index (κ1) is 16.0. The molecule has 0 saturated carbocycles. The summed E-state index contributed by atoms with van der Waals surface area (Å²) in [5.74, 6) is 0.718. The molecule has 0 aliphatic rings. The summed E-state index contributed by atoms with van der Waals surface area (Å²) in [5, 5.41) is 3.47. The van der Waals surface area contributed by atoms with E-state index in [0.717, 1.165) is 37.7 Å². The Hall–Kier alpha value is -1.09. The predicted octanol–water partition coefficient (Wildman–Crippen LogP) is 3.37. The van der Waals surface area contributed by atoms with Crippen LogP contribution < -0.4 is 10.2 Å². The van der Waals surface area contributed by atoms with Crippen LogP contribution >= 0.6 is 0 Å². The molecule has 1 heterocycles. The molecule has 1 aromatic rings. The van der Waals surface area contributed by atoms with E-state index in [1.807, 2.05) is 6.20 Å². The van der Waals surface area contributed by atoms with Crippen LogP contribution in [0.5, 0.6) is 0 Å². The summed E-state index contributed by atoms with van der Waals surface area (Å²) in [6, 6.07) is 2.20. The van der Waals surface area contributed by atoms with Crippen molar-refractivity contribution in [2.24, 2.45) is 5.92 Å². The van der Waals surface area contributed by atoms with Crippen LogP contribution in [-0.4, -0.2) is 25.1 Å². The number of aromatic nitrogens is 1. The SMILES string of the molecule is CCCNCc1cnc(C)cc1N(C)CC(C)CC. The van der Waals surface area contributed by atoms with Gasteiger partial charge in [-0.2, -0.15) is 0 Å². The fourth-order valence-electron chi connectivity index (χ4n) is 2.16. The molecule has 19 heavy (non-hydrogen) atoms. The van der Waals surface area contributed by atoms with E-state index in [-0.39, 0.29) is 0 Å². The molecule has 3 heteroatoms. The average Bonchev–Trinajstić information content (AvgIpc) is 2.40. The van der Waals surface area contributed by atoms with Crippen LogP contribution in [0.1, 0.15) is 44.9 Å². The third-order valence-corrected chi connectivity index (χ3v) is 3.53. The number of nitrogens with one attached hydrogen (secondary N) is 1. The Labute approximate surface area is 118 Å². The summed E-state index contributed by atoms with van der Waals surface area (Å²) in [6.07, 6.45) is 4.40. The van der Waals surface area contributed by atoms with E-state index in [1.54, 1.807) is 0 Å². The molecule has 0 bridgehead atoms. The molecule has 1 unspecified atom stereocenters. The van der Waals surface area contributed by atoms with Crippen molar-refractivity contribution in [3.8, 4) is 0 Å². The Balaban J connectivity index is 2.80. The van der Waals surface area contributed by atoms with Crippen LogP contribution in [-0.2, 0) is 6.54 Å². The monoisotopic (exact) mass is 263 g/mol. The van der Waals surface area contributed by atoms with Crippen molar-refractivity contribution < 1.29 is 0 Å². The van der Waals surface area contributed by atoms with Gasteiger partial charge in [-0.05, 0) is 31.9 Å². The third-order valence-electron chi connectivity index (χ3n) is 3.53. The predicted molar refractivity (Wildman–Crippen MR) is 83.7 cm³/mol. The number of aryl methyl sites for hydroxylation is 1. The van der Waals surface area contributed by atoms with E-state index in [1.165, 1.54) is 17.7 Å². The molecule has 108 valence electrons. The van der Waals surface area contributed by atoms with Crippen LogP contribution in [0.2, 0.25) is 0 Å². The lowest BCUT2D eigenvalue weighted by molar-refractivity contribution is 0.558. The van der Waals surface area contributed by atoms with Gasteiger partial charge in [0.25, 0.3) is 0 Å². The highest BCUT2D eigenvalue weighted by molar-refractivity contribution is 5.53. The quantitative estimate of drug-likeness (QED) is 0.729. The van der Waals surface area contributed by atoms with Crippen molar-refractivity contribution in [1.82, 2.24) is 10.3 Å². The molecule has 0 spiro atoms. The summed E-state index contributed by atoms with van der Waals surface area (Å²) in [6.45, 7) is 11.9. The van der Waals surface area contributed by atoms with Gasteiger partial charge in [0.1, 0.15) is 0 Å². The van der Waals surface area contributed by atoms with Gasteiger partial charge in [-0.25, -0.2) is 0 Å². The summed E-state index contributed by atoms with van der Waals surface area (Å²) in [5.41, 5.74) is 3.70. The third kappa shape index (κ3) is 5.19. The van der Waals surface area contributed by atoms with E-state index >= 15 is 0 Å². The van der Waals surface area contributed by atoms with Crippen molar-refractivity contribution in [1.29, 1.82) is 0 Å². The first-order valence-corrected chi connectivity index (χ1v) is 7.45. The fraction of sp³-hybridized carbons (Fsp3) is 0.688. The Morgan fingerprint density at radius 1 is 1.37 bits per heavy atom. The molecule has 3 nitrogen and oxygen atoms in total. The second kappa shape index (κ2) is 8.16. The van der Waals surface area contributed by atoms with Crippen LogP contribution in [0.15, 0.2) is 12.3 Å². The van der Waals surface area contributed by atoms with E-state index in [4.69, 9.17) is 0 Å². The van der Waals surface area contributed by atoms with Crippen LogP contribution in [0.3, 0.4) is 0 Å². The van der Waals surface area contributed by atoms with Crippen LogP contribution in [0.4, 0.5) is 5.69 Å². The number of nitrogens with zero attached hydrogens (tertiary/aromatic N) is 2. The Morgan fingerprint density at radius 2 is 2.11 bits per heavy atom. The van der Waals surface area contributed by atoms with Crippen molar-refractivity contribution in [3.05, 3.63) is 23.5 Å². The fourth-order valence-corrected chi connectivity index (χ4v) is 2.16. The smallest absolute Gasteiger partial charge is 0.0443 e. The van der Waals surface area contributed by atoms with E-state index in [2.05, 4.69) is 56.0 Å². The van der Waals surface area contributed by atoms with Gasteiger partial charge >= 0.3 is 0 Å². The molecule has 0 aliphatic carbocycles. The molecule has 0 aromatic carbocycles. The summed E-state index contributed by atoms with van der Waals surface area (Å²) in [7, 11) is 2.18. The Morgan fingerprint density at radius 3 is 2.74 bits per heavy atom. The van der Waals surface area contributed by atoms with Gasteiger partial charge in [-0.1, -0.05) is 27.2 Å². The van der Waals surface area contributed by atoms with E-state index in [9.17, 15) is 0 Å². The molecule has 0 aliphatic heterocycles. The van der Waals surface area contributed by atoms with Gasteiger partial charge in [0, 0.05) is 43.3 Å². The lowest BCUT2D eigenvalue weighted by Gasteiger charge is -2.25. The van der Waals surface area contributed by atoms with Gasteiger partial charge in [-0.15, -0.1) is 0 Å². The summed E-state index contributed by atoms with van der Waals surface area (Å²) < 4.78 is 0. The molecule has 0 amide bonds. The zero-order valence-electron chi connectivity index (χ0n) is 13.2. The molecular weight excluding hydrogens is 234 g/mol. The van der Waals surface area contributed by atoms with Crippen molar-refractivity contribution in [2.45, 2.75) is 47.1 Å². The molecule has 1 rings (SSSR count). The standard InChI is InChI=1S/C16H29N3/c1-6-8-17-10-15-11-18-14(4)9-16(15)19(5)12-13(3)7-2/h9,11,13,17H,6-8,10,12H2,1-5H3. The highest BCUT2D eigenvalue weighted by atomic mass is 15.1. The second-order valence-electron chi connectivity index (χ2n) is 5.53. The average molecular weight is 263 g/mol. The van der Waals surface area contributed by atoms with E-state index < -0.39 is 0 Å². The Kier molecular flexibility index (Phi) is 6.85. The topological polar surface area (TPSA) is 28.2 Å². The van der Waals surface area contributed by atoms with E-state index in [0.29, 0.717) is 0 Å². The molecule has 0 fully saturated rings. The van der Waals surface area contributed by atoms with Gasteiger partial charge in [0.05, 0.1) is 0 Å². The number of hydrogen-bond donors (Lipinski definition) is 1. The van der Waals surface area contributed by atoms with Crippen LogP contribution in [0.25, 0.3) is 0 Å². The number of rotatable bonds is 8. The van der Waals surface area contributed by atoms with Gasteiger partial charge < -0.3 is 10.2 Å². The van der Waals surface area contributed by atoms with Gasteiger partial charge in [0.2, 0.25) is 0 Å². The molecule has 1 atom stereocenters. The van der Waals surface area contributed by atoms with Crippen molar-refractivity contribution >= 4 is 5.69 Å². The zero-order valence-corrected chi connectivity index (χ0v) is 13.2. The summed E-state index contributed by atoms with van der Waals surface area (Å²) >= 11 is 0. The Bertz CT molecular complexity index is 376. The molecule has 1 N–H and O–H groups in total. The lowest BCUT2D eigenvalue weighted by atomic mass is 10.1. The van der Waals surface area contributed by atoms with Crippen molar-refractivity contribution in [2.75, 3.05) is 25.0 Å². The number of pyridine rings is 1. The minimum Gasteiger partial charge on any atom is -0.374 e. The molecule has 0 saturated heterocycles. The number of anilines is 1. The minimum absolute atomic E-state index is 0.718. The maximum absolute atomic E-state index is 4.43. The summed E-state index contributed by atoms with van der Waals surface area (Å²) in [4.78, 5) is 6.80. The maximum atomic E-state index is 4.43. The largest absolute Gasteiger partial charge is 0.374 e. The highest BCUT2D eigenvalue weighted by Gasteiger charge is 2.10. The lowest BCUT2D eigenvalue weighted by Crippen LogP contribution is -2.26. The first-order valence-electron chi connectivity index (χ1n) is 7.45. The molecule has 1 aromatic heterocycles. The van der Waals surface area contributed by atoms with Crippen LogP contribution in [0, 0.1) is 12.8 Å². The molecular formula is C16H29N3.